The van der Waals surface area contributed by atoms with Crippen LogP contribution in [-0.4, -0.2) is 44.0 Å². The zero-order valence-electron chi connectivity index (χ0n) is 19.9. The van der Waals surface area contributed by atoms with Crippen molar-refractivity contribution in [3.63, 3.8) is 0 Å². The summed E-state index contributed by atoms with van der Waals surface area (Å²) in [5.74, 6) is -1.08. The molecular weight excluding hydrogens is 460 g/mol. The maximum atomic E-state index is 12.2. The van der Waals surface area contributed by atoms with E-state index in [9.17, 15) is 14.4 Å². The van der Waals surface area contributed by atoms with Crippen molar-refractivity contribution in [3.05, 3.63) is 95.6 Å². The van der Waals surface area contributed by atoms with Crippen molar-refractivity contribution in [2.75, 3.05) is 19.9 Å². The molecule has 8 nitrogen and oxygen atoms in total. The van der Waals surface area contributed by atoms with E-state index in [1.807, 2.05) is 66.7 Å². The average molecular weight is 489 g/mol. The second-order valence-electron chi connectivity index (χ2n) is 8.33. The molecule has 0 saturated carbocycles. The van der Waals surface area contributed by atoms with E-state index in [1.54, 1.807) is 0 Å². The molecule has 0 saturated heterocycles. The summed E-state index contributed by atoms with van der Waals surface area (Å²) < 4.78 is 15.9. The van der Waals surface area contributed by atoms with Gasteiger partial charge in [-0.15, -0.1) is 0 Å². The topological polar surface area (TPSA) is 103 Å². The van der Waals surface area contributed by atoms with Crippen LogP contribution in [0.25, 0.3) is 11.1 Å². The number of hydrogen-bond acceptors (Lipinski definition) is 6. The highest BCUT2D eigenvalue weighted by Gasteiger charge is 2.29. The smallest absolute Gasteiger partial charge is 0.407 e. The van der Waals surface area contributed by atoms with E-state index in [-0.39, 0.29) is 32.4 Å². The molecule has 1 atom stereocenters. The molecule has 4 rings (SSSR count). The van der Waals surface area contributed by atoms with Gasteiger partial charge in [0.05, 0.1) is 0 Å². The van der Waals surface area contributed by atoms with Crippen LogP contribution in [0, 0.1) is 0 Å². The van der Waals surface area contributed by atoms with Crippen molar-refractivity contribution in [3.8, 4) is 11.1 Å². The first-order valence-corrected chi connectivity index (χ1v) is 11.7. The van der Waals surface area contributed by atoms with Gasteiger partial charge in [0.1, 0.15) is 26.5 Å². The molecule has 0 heterocycles. The minimum absolute atomic E-state index is 0.0616. The predicted octanol–water partition coefficient (Wildman–Crippen LogP) is 3.75. The van der Waals surface area contributed by atoms with Crippen LogP contribution < -0.4 is 10.6 Å². The van der Waals surface area contributed by atoms with Crippen LogP contribution in [0.2, 0.25) is 0 Å². The fourth-order valence-electron chi connectivity index (χ4n) is 4.03. The summed E-state index contributed by atoms with van der Waals surface area (Å²) in [6.07, 6.45) is -1.55. The summed E-state index contributed by atoms with van der Waals surface area (Å²) in [5, 5.41) is 4.91. The van der Waals surface area contributed by atoms with E-state index in [1.165, 1.54) is 6.92 Å². The summed E-state index contributed by atoms with van der Waals surface area (Å²) in [5.41, 5.74) is 5.36. The molecule has 0 radical (unpaired) electrons. The molecule has 186 valence electrons. The van der Waals surface area contributed by atoms with E-state index in [2.05, 4.69) is 22.8 Å². The monoisotopic (exact) mass is 488 g/mol. The number of ether oxygens (including phenoxy) is 3. The Kier molecular flexibility index (Phi) is 8.31. The summed E-state index contributed by atoms with van der Waals surface area (Å²) in [6, 6.07) is 25.4. The molecule has 3 aromatic carbocycles. The summed E-state index contributed by atoms with van der Waals surface area (Å²) >= 11 is 0. The van der Waals surface area contributed by atoms with E-state index in [0.717, 1.165) is 27.8 Å². The molecular formula is C28H28N2O6. The molecule has 0 aromatic heterocycles. The second kappa shape index (κ2) is 12.0. The molecule has 2 amide bonds. The lowest BCUT2D eigenvalue weighted by Crippen LogP contribution is -2.39. The van der Waals surface area contributed by atoms with Gasteiger partial charge in [-0.25, -0.2) is 9.59 Å². The van der Waals surface area contributed by atoms with Crippen molar-refractivity contribution in [1.82, 2.24) is 10.6 Å². The molecule has 0 bridgehead atoms. The van der Waals surface area contributed by atoms with Crippen LogP contribution in [0.15, 0.2) is 78.9 Å². The average Bonchev–Trinajstić information content (AvgIpc) is 3.23. The lowest BCUT2D eigenvalue weighted by atomic mass is 9.98. The van der Waals surface area contributed by atoms with E-state index in [4.69, 9.17) is 14.2 Å². The van der Waals surface area contributed by atoms with Crippen molar-refractivity contribution in [2.45, 2.75) is 25.6 Å². The molecule has 1 aliphatic carbocycles. The van der Waals surface area contributed by atoms with Gasteiger partial charge in [0.2, 0.25) is 5.91 Å². The number of alkyl carbamates (subject to hydrolysis) is 1. The molecule has 3 aromatic rings. The lowest BCUT2D eigenvalue weighted by Gasteiger charge is -2.15. The van der Waals surface area contributed by atoms with Gasteiger partial charge in [0, 0.05) is 5.92 Å². The summed E-state index contributed by atoms with van der Waals surface area (Å²) in [4.78, 5) is 36.2. The Morgan fingerprint density at radius 2 is 1.42 bits per heavy atom. The van der Waals surface area contributed by atoms with Crippen molar-refractivity contribution in [1.29, 1.82) is 0 Å². The SMILES string of the molecule is C[C@H](OCNC(=O)CNC(=O)OCC1c2ccccc2-c2ccccc21)C(=O)OCc1ccccc1. The van der Waals surface area contributed by atoms with Crippen LogP contribution in [0.3, 0.4) is 0 Å². The van der Waals surface area contributed by atoms with E-state index < -0.39 is 24.1 Å². The van der Waals surface area contributed by atoms with E-state index >= 15 is 0 Å². The molecule has 0 fully saturated rings. The third-order valence-electron chi connectivity index (χ3n) is 5.90. The summed E-state index contributed by atoms with van der Waals surface area (Å²) in [6.45, 7) is 1.35. The maximum absolute atomic E-state index is 12.2. The van der Waals surface area contributed by atoms with Gasteiger partial charge in [-0.05, 0) is 34.7 Å². The normalized spacial score (nSPS) is 12.7. The zero-order valence-corrected chi connectivity index (χ0v) is 19.9. The largest absolute Gasteiger partial charge is 0.459 e. The number of rotatable bonds is 10. The summed E-state index contributed by atoms with van der Waals surface area (Å²) in [7, 11) is 0. The molecule has 8 heteroatoms. The Labute approximate surface area is 209 Å². The zero-order chi connectivity index (χ0) is 25.3. The Hall–Kier alpha value is -4.17. The van der Waals surface area contributed by atoms with Gasteiger partial charge in [0.15, 0.2) is 6.10 Å². The first-order chi connectivity index (χ1) is 17.5. The molecule has 2 N–H and O–H groups in total. The number of nitrogens with one attached hydrogen (secondary N) is 2. The third-order valence-corrected chi connectivity index (χ3v) is 5.90. The minimum atomic E-state index is -0.857. The van der Waals surface area contributed by atoms with Crippen LogP contribution >= 0.6 is 0 Å². The third kappa shape index (κ3) is 6.28. The number of fused-ring (bicyclic) bond motifs is 3. The van der Waals surface area contributed by atoms with Crippen LogP contribution in [0.4, 0.5) is 4.79 Å². The number of amides is 2. The van der Waals surface area contributed by atoms with Crippen LogP contribution in [0.5, 0.6) is 0 Å². The highest BCUT2D eigenvalue weighted by Crippen LogP contribution is 2.44. The first-order valence-electron chi connectivity index (χ1n) is 11.7. The molecule has 1 aliphatic rings. The number of benzene rings is 3. The predicted molar refractivity (Wildman–Crippen MR) is 133 cm³/mol. The van der Waals surface area contributed by atoms with Gasteiger partial charge in [-0.3, -0.25) is 4.79 Å². The highest BCUT2D eigenvalue weighted by molar-refractivity contribution is 5.82. The van der Waals surface area contributed by atoms with Gasteiger partial charge < -0.3 is 24.8 Å². The Balaban J connectivity index is 1.14. The Morgan fingerprint density at radius 3 is 2.08 bits per heavy atom. The molecule has 0 unspecified atom stereocenters. The highest BCUT2D eigenvalue weighted by atomic mass is 16.6. The maximum Gasteiger partial charge on any atom is 0.407 e. The van der Waals surface area contributed by atoms with Gasteiger partial charge >= 0.3 is 12.1 Å². The van der Waals surface area contributed by atoms with Gasteiger partial charge in [0.25, 0.3) is 0 Å². The first kappa shape index (κ1) is 24.9. The number of hydrogen-bond donors (Lipinski definition) is 2. The van der Waals surface area contributed by atoms with E-state index in [0.29, 0.717) is 0 Å². The molecule has 0 aliphatic heterocycles. The van der Waals surface area contributed by atoms with Crippen molar-refractivity contribution in [2.24, 2.45) is 0 Å². The Morgan fingerprint density at radius 1 is 0.806 bits per heavy atom. The van der Waals surface area contributed by atoms with Crippen molar-refractivity contribution < 1.29 is 28.6 Å². The van der Waals surface area contributed by atoms with Gasteiger partial charge in [-0.2, -0.15) is 0 Å². The van der Waals surface area contributed by atoms with Gasteiger partial charge in [-0.1, -0.05) is 78.9 Å². The fourth-order valence-corrected chi connectivity index (χ4v) is 4.03. The number of carbonyl (C=O) groups is 3. The van der Waals surface area contributed by atoms with Crippen molar-refractivity contribution >= 4 is 18.0 Å². The number of esters is 1. The van der Waals surface area contributed by atoms with Crippen LogP contribution in [-0.2, 0) is 30.4 Å². The van der Waals surface area contributed by atoms with Crippen LogP contribution in [0.1, 0.15) is 29.5 Å². The molecule has 36 heavy (non-hydrogen) atoms. The Bertz CT molecular complexity index is 1170. The fraction of sp³-hybridized carbons (Fsp3) is 0.250. The quantitative estimate of drug-likeness (QED) is 0.333. The molecule has 0 spiro atoms. The minimum Gasteiger partial charge on any atom is -0.459 e. The standard InChI is InChI=1S/C28H28N2O6/c1-19(27(32)34-16-20-9-3-2-4-10-20)36-18-30-26(31)15-29-28(33)35-17-25-23-13-7-5-11-21(23)22-12-6-8-14-24(22)25/h2-14,19,25H,15-18H2,1H3,(H,29,33)(H,30,31)/t19-/m0/s1. The number of carbonyl (C=O) groups excluding carboxylic acids is 3. The second-order valence-corrected chi connectivity index (χ2v) is 8.33. The lowest BCUT2D eigenvalue weighted by molar-refractivity contribution is -0.158.